The van der Waals surface area contributed by atoms with Crippen molar-refractivity contribution in [3.63, 3.8) is 0 Å². The number of amides is 2. The molecule has 0 bridgehead atoms. The molecule has 126 valence electrons. The zero-order chi connectivity index (χ0) is 17.0. The molecule has 7 nitrogen and oxygen atoms in total. The van der Waals surface area contributed by atoms with E-state index in [1.807, 2.05) is 0 Å². The van der Waals surface area contributed by atoms with Crippen LogP contribution in [0, 0.1) is 0 Å². The molecular formula is C16H21NO6. The van der Waals surface area contributed by atoms with Gasteiger partial charge in [0.2, 0.25) is 5.91 Å². The van der Waals surface area contributed by atoms with Crippen molar-refractivity contribution in [3.8, 4) is 11.5 Å². The van der Waals surface area contributed by atoms with E-state index in [1.165, 1.54) is 28.4 Å². The lowest BCUT2D eigenvalue weighted by atomic mass is 10.0. The predicted octanol–water partition coefficient (Wildman–Crippen LogP) is 1.24. The molecule has 0 unspecified atom stereocenters. The molecule has 0 saturated heterocycles. The van der Waals surface area contributed by atoms with E-state index in [0.29, 0.717) is 23.5 Å². The number of hydrogen-bond donors (Lipinski definition) is 0. The molecule has 0 fully saturated rings. The van der Waals surface area contributed by atoms with Crippen LogP contribution in [0.1, 0.15) is 22.3 Å². The maximum absolute atomic E-state index is 12.8. The van der Waals surface area contributed by atoms with Gasteiger partial charge in [-0.2, -0.15) is 0 Å². The largest absolute Gasteiger partial charge is 0.493 e. The Bertz CT molecular complexity index is 596. The van der Waals surface area contributed by atoms with Gasteiger partial charge in [-0.25, -0.2) is 0 Å². The first-order valence-electron chi connectivity index (χ1n) is 7.20. The summed E-state index contributed by atoms with van der Waals surface area (Å²) in [6, 6.07) is 3.35. The van der Waals surface area contributed by atoms with Gasteiger partial charge in [0.1, 0.15) is 0 Å². The van der Waals surface area contributed by atoms with Crippen LogP contribution in [-0.2, 0) is 20.7 Å². The van der Waals surface area contributed by atoms with E-state index in [0.717, 1.165) is 10.5 Å². The molecular weight excluding hydrogens is 302 g/mol. The Morgan fingerprint density at radius 1 is 1.00 bits per heavy atom. The summed E-state index contributed by atoms with van der Waals surface area (Å²) in [5, 5.41) is 0. The first-order valence-corrected chi connectivity index (χ1v) is 7.20. The number of nitrogens with zero attached hydrogens (tertiary/aromatic N) is 1. The highest BCUT2D eigenvalue weighted by Gasteiger charge is 2.31. The molecule has 0 N–H and O–H groups in total. The first kappa shape index (κ1) is 17.2. The quantitative estimate of drug-likeness (QED) is 0.579. The molecule has 0 aromatic heterocycles. The SMILES string of the molecule is COc1cc2c(cc1OC)C(=O)N(CC(OC)OC)C(=O)CC2. The van der Waals surface area contributed by atoms with Crippen LogP contribution in [-0.4, -0.2) is 58.0 Å². The van der Waals surface area contributed by atoms with Crippen LogP contribution in [0.5, 0.6) is 11.5 Å². The maximum Gasteiger partial charge on any atom is 0.261 e. The highest BCUT2D eigenvalue weighted by molar-refractivity contribution is 6.07. The molecule has 0 atom stereocenters. The van der Waals surface area contributed by atoms with E-state index in [2.05, 4.69) is 0 Å². The molecule has 0 spiro atoms. The zero-order valence-electron chi connectivity index (χ0n) is 13.8. The van der Waals surface area contributed by atoms with Crippen LogP contribution in [0.4, 0.5) is 0 Å². The standard InChI is InChI=1S/C16H21NO6/c1-20-12-7-10-5-6-14(18)17(9-15(22-3)23-4)16(19)11(10)8-13(12)21-2/h7-8,15H,5-6,9H2,1-4H3. The zero-order valence-corrected chi connectivity index (χ0v) is 13.8. The summed E-state index contributed by atoms with van der Waals surface area (Å²) >= 11 is 0. The molecule has 7 heteroatoms. The third kappa shape index (κ3) is 3.46. The second-order valence-electron chi connectivity index (χ2n) is 5.07. The average Bonchev–Trinajstić information content (AvgIpc) is 2.69. The lowest BCUT2D eigenvalue weighted by Crippen LogP contribution is -2.42. The van der Waals surface area contributed by atoms with Gasteiger partial charge in [0.15, 0.2) is 17.8 Å². The normalized spacial score (nSPS) is 14.7. The lowest BCUT2D eigenvalue weighted by Gasteiger charge is -2.23. The fourth-order valence-electron chi connectivity index (χ4n) is 2.54. The van der Waals surface area contributed by atoms with E-state index < -0.39 is 6.29 Å². The number of aryl methyl sites for hydroxylation is 1. The summed E-state index contributed by atoms with van der Waals surface area (Å²) < 4.78 is 20.7. The minimum absolute atomic E-state index is 0.0401. The fourth-order valence-corrected chi connectivity index (χ4v) is 2.54. The fraction of sp³-hybridized carbons (Fsp3) is 0.500. The molecule has 2 amide bonds. The van der Waals surface area contributed by atoms with Crippen LogP contribution >= 0.6 is 0 Å². The minimum atomic E-state index is -0.662. The van der Waals surface area contributed by atoms with Gasteiger partial charge in [-0.1, -0.05) is 0 Å². The first-order chi connectivity index (χ1) is 11.0. The van der Waals surface area contributed by atoms with Crippen molar-refractivity contribution in [2.75, 3.05) is 35.0 Å². The second-order valence-corrected chi connectivity index (χ2v) is 5.07. The van der Waals surface area contributed by atoms with Crippen molar-refractivity contribution in [2.24, 2.45) is 0 Å². The summed E-state index contributed by atoms with van der Waals surface area (Å²) in [6.45, 7) is 0.0401. The smallest absolute Gasteiger partial charge is 0.261 e. The van der Waals surface area contributed by atoms with Crippen molar-refractivity contribution in [1.82, 2.24) is 4.90 Å². The monoisotopic (exact) mass is 323 g/mol. The molecule has 0 radical (unpaired) electrons. The molecule has 1 heterocycles. The molecule has 0 aliphatic carbocycles. The van der Waals surface area contributed by atoms with Crippen molar-refractivity contribution < 1.29 is 28.5 Å². The van der Waals surface area contributed by atoms with E-state index in [4.69, 9.17) is 18.9 Å². The van der Waals surface area contributed by atoms with Gasteiger partial charge in [0, 0.05) is 26.2 Å². The van der Waals surface area contributed by atoms with Gasteiger partial charge in [-0.15, -0.1) is 0 Å². The summed E-state index contributed by atoms with van der Waals surface area (Å²) in [4.78, 5) is 26.2. The summed E-state index contributed by atoms with van der Waals surface area (Å²) in [5.74, 6) is 0.335. The summed E-state index contributed by atoms with van der Waals surface area (Å²) in [6.07, 6.45) is 0.0278. The van der Waals surface area contributed by atoms with Gasteiger partial charge in [-0.05, 0) is 24.1 Å². The Morgan fingerprint density at radius 2 is 1.61 bits per heavy atom. The lowest BCUT2D eigenvalue weighted by molar-refractivity contribution is -0.140. The van der Waals surface area contributed by atoms with Crippen molar-refractivity contribution >= 4 is 11.8 Å². The summed E-state index contributed by atoms with van der Waals surface area (Å²) in [5.41, 5.74) is 1.19. The molecule has 1 aliphatic heterocycles. The Hall–Kier alpha value is -2.12. The van der Waals surface area contributed by atoms with E-state index in [-0.39, 0.29) is 24.8 Å². The highest BCUT2D eigenvalue weighted by atomic mass is 16.7. The Balaban J connectivity index is 2.41. The predicted molar refractivity (Wildman–Crippen MR) is 81.7 cm³/mol. The van der Waals surface area contributed by atoms with Crippen LogP contribution in [0.2, 0.25) is 0 Å². The average molecular weight is 323 g/mol. The second kappa shape index (κ2) is 7.43. The maximum atomic E-state index is 12.8. The number of hydrogen-bond acceptors (Lipinski definition) is 6. The van der Waals surface area contributed by atoms with Crippen LogP contribution in [0.25, 0.3) is 0 Å². The van der Waals surface area contributed by atoms with Crippen molar-refractivity contribution in [2.45, 2.75) is 19.1 Å². The number of ether oxygens (including phenoxy) is 4. The summed E-state index contributed by atoms with van der Waals surface area (Å²) in [7, 11) is 5.95. The Morgan fingerprint density at radius 3 is 2.17 bits per heavy atom. The van der Waals surface area contributed by atoms with Gasteiger partial charge in [0.25, 0.3) is 5.91 Å². The Kier molecular flexibility index (Phi) is 5.57. The van der Waals surface area contributed by atoms with Crippen molar-refractivity contribution in [1.29, 1.82) is 0 Å². The molecule has 2 rings (SSSR count). The number of carbonyl (C=O) groups is 2. The van der Waals surface area contributed by atoms with Gasteiger partial charge in [0.05, 0.1) is 20.8 Å². The highest BCUT2D eigenvalue weighted by Crippen LogP contribution is 2.33. The topological polar surface area (TPSA) is 74.3 Å². The molecule has 1 aromatic rings. The number of carbonyl (C=O) groups excluding carboxylic acids is 2. The minimum Gasteiger partial charge on any atom is -0.493 e. The third-order valence-electron chi connectivity index (χ3n) is 3.85. The number of fused-ring (bicyclic) bond motifs is 1. The third-order valence-corrected chi connectivity index (χ3v) is 3.85. The number of rotatable bonds is 6. The van der Waals surface area contributed by atoms with Crippen LogP contribution in [0.3, 0.4) is 0 Å². The van der Waals surface area contributed by atoms with Crippen molar-refractivity contribution in [3.05, 3.63) is 23.3 Å². The van der Waals surface area contributed by atoms with Crippen LogP contribution in [0.15, 0.2) is 12.1 Å². The number of imide groups is 1. The Labute approximate surface area is 135 Å². The van der Waals surface area contributed by atoms with E-state index in [9.17, 15) is 9.59 Å². The number of methoxy groups -OCH3 is 4. The molecule has 23 heavy (non-hydrogen) atoms. The van der Waals surface area contributed by atoms with Gasteiger partial charge in [-0.3, -0.25) is 14.5 Å². The molecule has 1 aromatic carbocycles. The number of benzene rings is 1. The van der Waals surface area contributed by atoms with Gasteiger partial charge < -0.3 is 18.9 Å². The molecule has 1 aliphatic rings. The van der Waals surface area contributed by atoms with E-state index >= 15 is 0 Å². The van der Waals surface area contributed by atoms with Crippen LogP contribution < -0.4 is 9.47 Å². The van der Waals surface area contributed by atoms with Gasteiger partial charge >= 0.3 is 0 Å². The molecule has 0 saturated carbocycles. The van der Waals surface area contributed by atoms with E-state index in [1.54, 1.807) is 12.1 Å².